The first-order valence-electron chi connectivity index (χ1n) is 6.55. The van der Waals surface area contributed by atoms with Gasteiger partial charge in [-0.05, 0) is 44.2 Å². The van der Waals surface area contributed by atoms with E-state index in [4.69, 9.17) is 5.26 Å². The maximum Gasteiger partial charge on any atom is 0.182 e. The van der Waals surface area contributed by atoms with Crippen LogP contribution in [0.5, 0.6) is 0 Å². The summed E-state index contributed by atoms with van der Waals surface area (Å²) in [7, 11) is 0. The molecule has 0 radical (unpaired) electrons. The topological polar surface area (TPSA) is 65.8 Å². The molecule has 0 bridgehead atoms. The van der Waals surface area contributed by atoms with E-state index in [0.717, 1.165) is 17.0 Å². The van der Waals surface area contributed by atoms with Crippen molar-refractivity contribution < 1.29 is 0 Å². The predicted octanol–water partition coefficient (Wildman–Crippen LogP) is 4.24. The fraction of sp³-hybridized carbons (Fsp3) is 0.125. The molecule has 2 aromatic heterocycles. The number of fused-ring (bicyclic) bond motifs is 1. The Morgan fingerprint density at radius 3 is 2.71 bits per heavy atom. The van der Waals surface area contributed by atoms with Crippen molar-refractivity contribution >= 4 is 17.2 Å². The van der Waals surface area contributed by atoms with Crippen molar-refractivity contribution in [2.24, 2.45) is 10.2 Å². The van der Waals surface area contributed by atoms with Crippen molar-refractivity contribution in [1.82, 2.24) is 9.38 Å². The zero-order valence-electron chi connectivity index (χ0n) is 11.8. The fourth-order valence-corrected chi connectivity index (χ4v) is 2.21. The molecule has 0 saturated carbocycles. The summed E-state index contributed by atoms with van der Waals surface area (Å²) in [5.74, 6) is 0.713. The summed E-state index contributed by atoms with van der Waals surface area (Å²) in [6, 6.07) is 15.0. The van der Waals surface area contributed by atoms with Crippen molar-refractivity contribution in [3.05, 3.63) is 59.4 Å². The van der Waals surface area contributed by atoms with Gasteiger partial charge in [-0.25, -0.2) is 4.98 Å². The van der Waals surface area contributed by atoms with Gasteiger partial charge in [0.2, 0.25) is 0 Å². The molecule has 21 heavy (non-hydrogen) atoms. The summed E-state index contributed by atoms with van der Waals surface area (Å²) in [6.07, 6.45) is 0. The summed E-state index contributed by atoms with van der Waals surface area (Å²) in [5, 5.41) is 17.4. The third kappa shape index (κ3) is 2.39. The van der Waals surface area contributed by atoms with E-state index in [1.807, 2.05) is 42.5 Å². The fourth-order valence-electron chi connectivity index (χ4n) is 2.21. The zero-order chi connectivity index (χ0) is 14.8. The van der Waals surface area contributed by atoms with Gasteiger partial charge in [0.1, 0.15) is 5.65 Å². The molecular formula is C16H13N5. The first kappa shape index (κ1) is 13.0. The maximum absolute atomic E-state index is 8.90. The van der Waals surface area contributed by atoms with Crippen LogP contribution in [0.4, 0.5) is 11.5 Å². The number of imidazole rings is 1. The van der Waals surface area contributed by atoms with Gasteiger partial charge in [0, 0.05) is 5.69 Å². The first-order valence-corrected chi connectivity index (χ1v) is 6.55. The minimum atomic E-state index is 0.567. The SMILES string of the molecule is Cc1nc2cccc(C)n2c1N=Nc1cccc(C#N)c1. The van der Waals surface area contributed by atoms with E-state index in [1.165, 1.54) is 0 Å². The summed E-state index contributed by atoms with van der Waals surface area (Å²) in [6.45, 7) is 3.91. The number of aryl methyl sites for hydroxylation is 2. The van der Waals surface area contributed by atoms with Crippen LogP contribution in [0.25, 0.3) is 5.65 Å². The minimum absolute atomic E-state index is 0.567. The molecule has 0 aliphatic rings. The van der Waals surface area contributed by atoms with E-state index in [9.17, 15) is 0 Å². The third-order valence-electron chi connectivity index (χ3n) is 3.22. The second kappa shape index (κ2) is 5.17. The van der Waals surface area contributed by atoms with E-state index < -0.39 is 0 Å². The highest BCUT2D eigenvalue weighted by Crippen LogP contribution is 2.25. The van der Waals surface area contributed by atoms with Crippen LogP contribution in [0.2, 0.25) is 0 Å². The van der Waals surface area contributed by atoms with Gasteiger partial charge in [-0.2, -0.15) is 5.26 Å². The van der Waals surface area contributed by atoms with Crippen LogP contribution >= 0.6 is 0 Å². The second-order valence-corrected chi connectivity index (χ2v) is 4.74. The van der Waals surface area contributed by atoms with E-state index >= 15 is 0 Å². The molecule has 5 heteroatoms. The molecule has 102 valence electrons. The van der Waals surface area contributed by atoms with Gasteiger partial charge in [0.15, 0.2) is 5.82 Å². The number of rotatable bonds is 2. The molecule has 3 aromatic rings. The van der Waals surface area contributed by atoms with Crippen molar-refractivity contribution in [2.45, 2.75) is 13.8 Å². The Labute approximate surface area is 122 Å². The summed E-state index contributed by atoms with van der Waals surface area (Å²) in [5.41, 5.74) is 3.94. The molecule has 3 rings (SSSR count). The molecule has 0 fully saturated rings. The summed E-state index contributed by atoms with van der Waals surface area (Å²) < 4.78 is 1.97. The number of nitriles is 1. The van der Waals surface area contributed by atoms with Gasteiger partial charge in [-0.15, -0.1) is 10.2 Å². The lowest BCUT2D eigenvalue weighted by Gasteiger charge is -2.00. The largest absolute Gasteiger partial charge is 0.280 e. The van der Waals surface area contributed by atoms with Crippen molar-refractivity contribution in [1.29, 1.82) is 5.26 Å². The van der Waals surface area contributed by atoms with E-state index in [0.29, 0.717) is 17.1 Å². The number of nitrogens with zero attached hydrogens (tertiary/aromatic N) is 5. The minimum Gasteiger partial charge on any atom is -0.280 e. The molecule has 5 nitrogen and oxygen atoms in total. The molecule has 0 aliphatic heterocycles. The lowest BCUT2D eigenvalue weighted by Crippen LogP contribution is -1.88. The Balaban J connectivity index is 2.07. The number of hydrogen-bond acceptors (Lipinski definition) is 4. The number of hydrogen-bond donors (Lipinski definition) is 0. The van der Waals surface area contributed by atoms with Crippen LogP contribution in [-0.4, -0.2) is 9.38 Å². The normalized spacial score (nSPS) is 11.1. The molecular weight excluding hydrogens is 262 g/mol. The van der Waals surface area contributed by atoms with Crippen LogP contribution in [0.3, 0.4) is 0 Å². The highest BCUT2D eigenvalue weighted by atomic mass is 15.2. The molecule has 1 aromatic carbocycles. The van der Waals surface area contributed by atoms with Crippen LogP contribution in [-0.2, 0) is 0 Å². The Bertz CT molecular complexity index is 883. The molecule has 0 spiro atoms. The molecule has 0 amide bonds. The van der Waals surface area contributed by atoms with E-state index in [2.05, 4.69) is 21.3 Å². The van der Waals surface area contributed by atoms with Crippen LogP contribution in [0, 0.1) is 25.2 Å². The average molecular weight is 275 g/mol. The quantitative estimate of drug-likeness (QED) is 0.656. The van der Waals surface area contributed by atoms with E-state index in [-0.39, 0.29) is 0 Å². The molecule has 0 unspecified atom stereocenters. The lowest BCUT2D eigenvalue weighted by atomic mass is 10.2. The number of azo groups is 1. The van der Waals surface area contributed by atoms with Crippen molar-refractivity contribution in [2.75, 3.05) is 0 Å². The smallest absolute Gasteiger partial charge is 0.182 e. The van der Waals surface area contributed by atoms with Gasteiger partial charge in [0.25, 0.3) is 0 Å². The number of benzene rings is 1. The Hall–Kier alpha value is -3.00. The van der Waals surface area contributed by atoms with Gasteiger partial charge >= 0.3 is 0 Å². The van der Waals surface area contributed by atoms with Crippen LogP contribution in [0.15, 0.2) is 52.7 Å². The summed E-state index contributed by atoms with van der Waals surface area (Å²) >= 11 is 0. The van der Waals surface area contributed by atoms with Crippen molar-refractivity contribution in [3.63, 3.8) is 0 Å². The Kier molecular flexibility index (Phi) is 3.20. The van der Waals surface area contributed by atoms with Crippen LogP contribution in [0.1, 0.15) is 17.0 Å². The van der Waals surface area contributed by atoms with E-state index in [1.54, 1.807) is 18.2 Å². The van der Waals surface area contributed by atoms with Gasteiger partial charge in [-0.1, -0.05) is 12.1 Å². The average Bonchev–Trinajstić information content (AvgIpc) is 2.82. The standard InChI is InChI=1S/C16H13N5/c1-11-5-3-8-15-18-12(2)16(21(11)15)20-19-14-7-4-6-13(9-14)10-17/h3-9H,1-2H3. The Morgan fingerprint density at radius 1 is 1.10 bits per heavy atom. The zero-order valence-corrected chi connectivity index (χ0v) is 11.8. The van der Waals surface area contributed by atoms with Gasteiger partial charge < -0.3 is 0 Å². The highest BCUT2D eigenvalue weighted by Gasteiger charge is 2.09. The predicted molar refractivity (Wildman–Crippen MR) is 80.0 cm³/mol. The molecule has 0 saturated heterocycles. The number of pyridine rings is 1. The molecule has 2 heterocycles. The molecule has 0 aliphatic carbocycles. The molecule has 0 atom stereocenters. The van der Waals surface area contributed by atoms with Crippen LogP contribution < -0.4 is 0 Å². The first-order chi connectivity index (χ1) is 10.2. The van der Waals surface area contributed by atoms with Gasteiger partial charge in [0.05, 0.1) is 23.0 Å². The van der Waals surface area contributed by atoms with Gasteiger partial charge in [-0.3, -0.25) is 4.40 Å². The third-order valence-corrected chi connectivity index (χ3v) is 3.22. The molecule has 0 N–H and O–H groups in total. The summed E-state index contributed by atoms with van der Waals surface area (Å²) in [4.78, 5) is 4.48. The highest BCUT2D eigenvalue weighted by molar-refractivity contribution is 5.53. The maximum atomic E-state index is 8.90. The number of aromatic nitrogens is 2. The Morgan fingerprint density at radius 2 is 1.90 bits per heavy atom. The monoisotopic (exact) mass is 275 g/mol. The van der Waals surface area contributed by atoms with Crippen molar-refractivity contribution in [3.8, 4) is 6.07 Å². The lowest BCUT2D eigenvalue weighted by molar-refractivity contribution is 1.04. The second-order valence-electron chi connectivity index (χ2n) is 4.74.